The van der Waals surface area contributed by atoms with Crippen LogP contribution < -0.4 is 11.3 Å². The van der Waals surface area contributed by atoms with Gasteiger partial charge in [0.1, 0.15) is 24.8 Å². The molecule has 192 valence electrons. The van der Waals surface area contributed by atoms with Crippen LogP contribution in [-0.4, -0.2) is 38.2 Å². The van der Waals surface area contributed by atoms with Crippen molar-refractivity contribution >= 4 is 22.8 Å². The van der Waals surface area contributed by atoms with Gasteiger partial charge in [0, 0.05) is 30.0 Å². The molecule has 1 aliphatic heterocycles. The Morgan fingerprint density at radius 3 is 2.44 bits per heavy atom. The Kier molecular flexibility index (Phi) is 8.09. The van der Waals surface area contributed by atoms with E-state index in [2.05, 4.69) is 5.73 Å². The molecule has 0 radical (unpaired) electrons. The van der Waals surface area contributed by atoms with Gasteiger partial charge in [0.25, 0.3) is 5.56 Å². The van der Waals surface area contributed by atoms with Crippen LogP contribution in [0.25, 0.3) is 22.3 Å². The Morgan fingerprint density at radius 2 is 1.83 bits per heavy atom. The lowest BCUT2D eigenvalue weighted by atomic mass is 9.85. The topological polar surface area (TPSA) is 145 Å². The van der Waals surface area contributed by atoms with E-state index in [-0.39, 0.29) is 23.7 Å². The average Bonchev–Trinajstić information content (AvgIpc) is 3.22. The molecule has 0 bridgehead atoms. The van der Waals surface area contributed by atoms with Gasteiger partial charge in [-0.05, 0) is 42.9 Å². The zero-order chi connectivity index (χ0) is 26.7. The maximum atomic E-state index is 14.5. The second-order valence-electron chi connectivity index (χ2n) is 8.32. The highest BCUT2D eigenvalue weighted by molar-refractivity contribution is 5.92. The molecule has 1 aromatic carbocycles. The molecular weight excluding hydrogens is 469 g/mol. The highest BCUT2D eigenvalue weighted by Crippen LogP contribution is 2.41. The number of fused-ring (bicyclic) bond motifs is 4. The molecule has 36 heavy (non-hydrogen) atoms. The number of aryl methyl sites for hydroxylation is 2. The number of nitrogens with two attached hydrogens (primary N) is 1. The summed E-state index contributed by atoms with van der Waals surface area (Å²) < 4.78 is 20.9. The molecule has 2 aliphatic rings. The van der Waals surface area contributed by atoms with Gasteiger partial charge in [-0.3, -0.25) is 14.4 Å². The van der Waals surface area contributed by atoms with Gasteiger partial charge < -0.3 is 25.3 Å². The fourth-order valence-corrected chi connectivity index (χ4v) is 4.60. The van der Waals surface area contributed by atoms with Crippen LogP contribution >= 0.6 is 0 Å². The van der Waals surface area contributed by atoms with Gasteiger partial charge in [0.05, 0.1) is 29.0 Å². The van der Waals surface area contributed by atoms with Crippen molar-refractivity contribution in [3.8, 4) is 17.1 Å². The summed E-state index contributed by atoms with van der Waals surface area (Å²) in [6.45, 7) is 6.54. The molecule has 0 saturated carbocycles. The van der Waals surface area contributed by atoms with Crippen LogP contribution in [0.5, 0.6) is 5.75 Å². The minimum Gasteiger partial charge on any atom is -0.507 e. The number of benzene rings is 1. The molecule has 1 amide bonds. The van der Waals surface area contributed by atoms with Crippen LogP contribution in [0.2, 0.25) is 0 Å². The molecule has 0 spiro atoms. The van der Waals surface area contributed by atoms with E-state index in [1.165, 1.54) is 19.1 Å². The van der Waals surface area contributed by atoms with Crippen molar-refractivity contribution < 1.29 is 28.9 Å². The van der Waals surface area contributed by atoms with E-state index < -0.39 is 24.0 Å². The quantitative estimate of drug-likeness (QED) is 0.368. The third-order valence-electron chi connectivity index (χ3n) is 6.18. The number of aliphatic hydroxyl groups excluding tert-OH is 1. The van der Waals surface area contributed by atoms with Crippen molar-refractivity contribution in [2.45, 2.75) is 60.1 Å². The summed E-state index contributed by atoms with van der Waals surface area (Å²) in [7, 11) is 0. The Balaban J connectivity index is 0.000000463. The first-order chi connectivity index (χ1) is 17.1. The van der Waals surface area contributed by atoms with Gasteiger partial charge in [-0.1, -0.05) is 13.8 Å². The lowest BCUT2D eigenvalue weighted by Gasteiger charge is -2.21. The number of esters is 1. The number of halogens is 1. The molecule has 4 N–H and O–H groups in total. The van der Waals surface area contributed by atoms with Crippen molar-refractivity contribution in [3.05, 3.63) is 56.1 Å². The normalized spacial score (nSPS) is 12.5. The summed E-state index contributed by atoms with van der Waals surface area (Å²) in [5.74, 6) is -1.73. The predicted molar refractivity (Wildman–Crippen MR) is 132 cm³/mol. The second-order valence-corrected chi connectivity index (χ2v) is 8.32. The predicted octanol–water partition coefficient (Wildman–Crippen LogP) is 2.62. The van der Waals surface area contributed by atoms with Crippen molar-refractivity contribution in [3.63, 3.8) is 0 Å². The SMILES string of the molecule is CC.CC(=O)OCc1c(O)cc2n(c1=O)Cc1c-2nc2cc(F)c(C)c3c2c1CCC3.NC(=O)CO. The third-order valence-corrected chi connectivity index (χ3v) is 6.18. The van der Waals surface area contributed by atoms with Gasteiger partial charge in [-0.2, -0.15) is 0 Å². The minimum absolute atomic E-state index is 0.0394. The summed E-state index contributed by atoms with van der Waals surface area (Å²) in [5, 5.41) is 19.0. The number of aromatic nitrogens is 2. The molecule has 9 nitrogen and oxygen atoms in total. The maximum absolute atomic E-state index is 14.5. The smallest absolute Gasteiger partial charge is 0.302 e. The third kappa shape index (κ3) is 4.81. The summed E-state index contributed by atoms with van der Waals surface area (Å²) in [6.07, 6.45) is 2.57. The van der Waals surface area contributed by atoms with Crippen molar-refractivity contribution in [1.29, 1.82) is 0 Å². The number of ether oxygens (including phenoxy) is 1. The van der Waals surface area contributed by atoms with Gasteiger partial charge in [0.2, 0.25) is 5.91 Å². The lowest BCUT2D eigenvalue weighted by molar-refractivity contribution is -0.142. The second kappa shape index (κ2) is 10.9. The average molecular weight is 500 g/mol. The Hall–Kier alpha value is -3.79. The number of nitrogens with zero attached hydrogens (tertiary/aromatic N) is 2. The van der Waals surface area contributed by atoms with Gasteiger partial charge in [0.15, 0.2) is 0 Å². The zero-order valence-corrected chi connectivity index (χ0v) is 20.8. The highest BCUT2D eigenvalue weighted by atomic mass is 19.1. The van der Waals surface area contributed by atoms with Crippen LogP contribution in [0.1, 0.15) is 55.0 Å². The van der Waals surface area contributed by atoms with Crippen molar-refractivity contribution in [2.75, 3.05) is 6.61 Å². The summed E-state index contributed by atoms with van der Waals surface area (Å²) in [4.78, 5) is 38.1. The van der Waals surface area contributed by atoms with E-state index in [9.17, 15) is 23.9 Å². The van der Waals surface area contributed by atoms with E-state index in [4.69, 9.17) is 14.8 Å². The van der Waals surface area contributed by atoms with Crippen LogP contribution in [0, 0.1) is 12.7 Å². The fourth-order valence-electron chi connectivity index (χ4n) is 4.60. The molecule has 0 saturated heterocycles. The largest absolute Gasteiger partial charge is 0.507 e. The summed E-state index contributed by atoms with van der Waals surface area (Å²) >= 11 is 0. The molecule has 0 fully saturated rings. The number of aliphatic hydroxyl groups is 1. The van der Waals surface area contributed by atoms with Gasteiger partial charge in [-0.25, -0.2) is 9.37 Å². The number of rotatable bonds is 3. The molecule has 0 atom stereocenters. The molecule has 1 aliphatic carbocycles. The van der Waals surface area contributed by atoms with E-state index in [0.717, 1.165) is 41.3 Å². The van der Waals surface area contributed by atoms with Crippen LogP contribution in [0.3, 0.4) is 0 Å². The van der Waals surface area contributed by atoms with E-state index >= 15 is 0 Å². The molecule has 10 heteroatoms. The van der Waals surface area contributed by atoms with Crippen molar-refractivity contribution in [1.82, 2.24) is 9.55 Å². The number of carbonyl (C=O) groups excluding carboxylic acids is 2. The van der Waals surface area contributed by atoms with Crippen LogP contribution in [0.15, 0.2) is 16.9 Å². The maximum Gasteiger partial charge on any atom is 0.302 e. The number of hydrogen-bond acceptors (Lipinski definition) is 7. The molecular formula is C26H30FN3O6. The lowest BCUT2D eigenvalue weighted by Crippen LogP contribution is -2.24. The fraction of sp³-hybridized carbons (Fsp3) is 0.385. The van der Waals surface area contributed by atoms with Crippen LogP contribution in [-0.2, 0) is 40.3 Å². The Labute approximate surface area is 207 Å². The first-order valence-corrected chi connectivity index (χ1v) is 11.8. The van der Waals surface area contributed by atoms with Crippen molar-refractivity contribution in [2.24, 2.45) is 5.73 Å². The standard InChI is InChI=1S/C22H19FN2O4.C2H5NO2.C2H6/c1-10-12-4-3-5-13-14-8-25-18(21(14)24-17(20(12)13)6-16(10)23)7-19(27)15(22(25)28)9-29-11(2)26;3-2(5)1-4;1-2/h6-7,27H,3-5,8-9H2,1-2H3;4H,1H2,(H2,3,5);1-2H3. The monoisotopic (exact) mass is 499 g/mol. The molecule has 3 aromatic rings. The molecule has 5 rings (SSSR count). The number of aromatic hydroxyl groups is 1. The zero-order valence-electron chi connectivity index (χ0n) is 20.8. The number of primary amides is 1. The minimum atomic E-state index is -0.690. The number of amides is 1. The number of carbonyl (C=O) groups is 2. The number of pyridine rings is 2. The molecule has 0 unspecified atom stereocenters. The summed E-state index contributed by atoms with van der Waals surface area (Å²) in [6, 6.07) is 2.94. The number of hydrogen-bond donors (Lipinski definition) is 3. The van der Waals surface area contributed by atoms with E-state index in [0.29, 0.717) is 29.0 Å². The Bertz CT molecular complexity index is 1410. The van der Waals surface area contributed by atoms with Gasteiger partial charge in [-0.15, -0.1) is 0 Å². The first kappa shape index (κ1) is 26.8. The summed E-state index contributed by atoms with van der Waals surface area (Å²) in [5.41, 5.74) is 9.44. The van der Waals surface area contributed by atoms with E-state index in [1.807, 2.05) is 13.8 Å². The Morgan fingerprint density at radius 1 is 1.19 bits per heavy atom. The van der Waals surface area contributed by atoms with Crippen LogP contribution in [0.4, 0.5) is 4.39 Å². The first-order valence-electron chi connectivity index (χ1n) is 11.8. The molecule has 2 aromatic heterocycles. The van der Waals surface area contributed by atoms with Gasteiger partial charge >= 0.3 is 5.97 Å². The molecule has 3 heterocycles. The van der Waals surface area contributed by atoms with E-state index in [1.54, 1.807) is 11.5 Å². The highest BCUT2D eigenvalue weighted by Gasteiger charge is 2.30.